The molecule has 16 heteroatoms. The van der Waals surface area contributed by atoms with E-state index in [0.29, 0.717) is 67.6 Å². The maximum absolute atomic E-state index is 15.2. The van der Waals surface area contributed by atoms with Gasteiger partial charge >= 0.3 is 18.3 Å². The van der Waals surface area contributed by atoms with Crippen molar-refractivity contribution >= 4 is 34.8 Å². The Balaban J connectivity index is 1.32. The first-order chi connectivity index (χ1) is 21.6. The minimum absolute atomic E-state index is 0.149. The number of hydrogen-bond acceptors (Lipinski definition) is 7. The lowest BCUT2D eigenvalue weighted by Crippen LogP contribution is -2.49. The van der Waals surface area contributed by atoms with Crippen molar-refractivity contribution in [1.82, 2.24) is 24.4 Å². The third kappa shape index (κ3) is 7.28. The fraction of sp³-hybridized carbons (Fsp3) is 0.333. The van der Waals surface area contributed by atoms with Gasteiger partial charge in [0.05, 0.1) is 22.6 Å². The third-order valence-electron chi connectivity index (χ3n) is 7.14. The highest BCUT2D eigenvalue weighted by atomic mass is 19.4. The van der Waals surface area contributed by atoms with E-state index < -0.39 is 40.7 Å². The predicted octanol–water partition coefficient (Wildman–Crippen LogP) is 5.97. The largest absolute Gasteiger partial charge is 0.444 e. The highest BCUT2D eigenvalue weighted by Crippen LogP contribution is 2.34. The fourth-order valence-corrected chi connectivity index (χ4v) is 4.97. The van der Waals surface area contributed by atoms with E-state index in [-0.39, 0.29) is 17.6 Å². The van der Waals surface area contributed by atoms with Gasteiger partial charge in [0.1, 0.15) is 29.1 Å². The van der Waals surface area contributed by atoms with Gasteiger partial charge in [0.25, 0.3) is 0 Å². The van der Waals surface area contributed by atoms with Crippen LogP contribution >= 0.6 is 0 Å². The zero-order chi connectivity index (χ0) is 33.4. The van der Waals surface area contributed by atoms with E-state index in [4.69, 9.17) is 10.5 Å². The number of ether oxygens (including phenoxy) is 1. The number of urea groups is 1. The number of alkyl halides is 3. The minimum Gasteiger partial charge on any atom is -0.444 e. The summed E-state index contributed by atoms with van der Waals surface area (Å²) in [7, 11) is 0. The summed E-state index contributed by atoms with van der Waals surface area (Å²) in [5.74, 6) is -1.82. The number of anilines is 3. The number of rotatable bonds is 5. The standard InChI is InChI=1S/C30H31F5N8O3/c1-29(2,3)46-28(45)42-10-8-41(9-11-42)15-19-14-20(25-26(36)37-16-38-43(19)25)17-4-7-23(22(32)12-17)39-27(44)40-24-13-18(30(33,34)35)5-6-21(24)31/h4-7,12-14,16H,8-11,15H2,1-3H3,(H2,36,37,38)(H2,39,40,44). The number of aromatic nitrogens is 3. The number of benzene rings is 2. The van der Waals surface area contributed by atoms with Gasteiger partial charge in [-0.05, 0) is 62.7 Å². The van der Waals surface area contributed by atoms with Crippen LogP contribution in [0, 0.1) is 11.6 Å². The monoisotopic (exact) mass is 646 g/mol. The predicted molar refractivity (Wildman–Crippen MR) is 160 cm³/mol. The average molecular weight is 647 g/mol. The van der Waals surface area contributed by atoms with E-state index in [0.717, 1.165) is 11.8 Å². The topological polar surface area (TPSA) is 130 Å². The summed E-state index contributed by atoms with van der Waals surface area (Å²) in [6.07, 6.45) is -3.82. The van der Waals surface area contributed by atoms with E-state index in [1.165, 1.54) is 18.5 Å². The highest BCUT2D eigenvalue weighted by Gasteiger charge is 2.31. The van der Waals surface area contributed by atoms with Gasteiger partial charge in [0, 0.05) is 38.3 Å². The number of halogens is 5. The molecule has 3 amide bonds. The molecule has 5 rings (SSSR count). The van der Waals surface area contributed by atoms with Gasteiger partial charge in [-0.25, -0.2) is 27.9 Å². The molecule has 46 heavy (non-hydrogen) atoms. The molecule has 1 aliphatic rings. The molecule has 1 aliphatic heterocycles. The van der Waals surface area contributed by atoms with Crippen molar-refractivity contribution in [3.05, 3.63) is 71.7 Å². The maximum atomic E-state index is 15.2. The first kappa shape index (κ1) is 32.4. The van der Waals surface area contributed by atoms with E-state index in [1.807, 2.05) is 26.1 Å². The van der Waals surface area contributed by atoms with Crippen molar-refractivity contribution < 1.29 is 36.3 Å². The molecule has 244 valence electrons. The third-order valence-corrected chi connectivity index (χ3v) is 7.14. The molecule has 0 atom stereocenters. The van der Waals surface area contributed by atoms with Gasteiger partial charge in [-0.3, -0.25) is 4.90 Å². The lowest BCUT2D eigenvalue weighted by molar-refractivity contribution is -0.137. The van der Waals surface area contributed by atoms with Crippen molar-refractivity contribution in [3.63, 3.8) is 0 Å². The second kappa shape index (κ2) is 12.4. The highest BCUT2D eigenvalue weighted by molar-refractivity contribution is 6.00. The summed E-state index contributed by atoms with van der Waals surface area (Å²) < 4.78 is 75.4. The number of hydrogen-bond donors (Lipinski definition) is 3. The normalized spacial score (nSPS) is 14.4. The van der Waals surface area contributed by atoms with Crippen LogP contribution in [0.5, 0.6) is 0 Å². The Hall–Kier alpha value is -4.99. The summed E-state index contributed by atoms with van der Waals surface area (Å²) >= 11 is 0. The van der Waals surface area contributed by atoms with Crippen LogP contribution in [0.3, 0.4) is 0 Å². The van der Waals surface area contributed by atoms with Gasteiger partial charge in [0.15, 0.2) is 5.82 Å². The lowest BCUT2D eigenvalue weighted by Gasteiger charge is -2.35. The first-order valence-corrected chi connectivity index (χ1v) is 14.1. The van der Waals surface area contributed by atoms with Gasteiger partial charge < -0.3 is 26.0 Å². The molecular weight excluding hydrogens is 615 g/mol. The Labute approximate surface area is 260 Å². The Morgan fingerprint density at radius 1 is 0.935 bits per heavy atom. The summed E-state index contributed by atoms with van der Waals surface area (Å²) in [4.78, 5) is 32.7. The van der Waals surface area contributed by atoms with Gasteiger partial charge in [-0.1, -0.05) is 6.07 Å². The number of nitrogens with zero attached hydrogens (tertiary/aromatic N) is 5. The van der Waals surface area contributed by atoms with Crippen LogP contribution in [-0.2, 0) is 17.5 Å². The van der Waals surface area contributed by atoms with E-state index >= 15 is 4.39 Å². The zero-order valence-electron chi connectivity index (χ0n) is 25.1. The first-order valence-electron chi connectivity index (χ1n) is 14.1. The zero-order valence-corrected chi connectivity index (χ0v) is 25.1. The molecule has 0 saturated carbocycles. The molecule has 4 N–H and O–H groups in total. The summed E-state index contributed by atoms with van der Waals surface area (Å²) in [6, 6.07) is 6.11. The molecule has 4 aromatic rings. The van der Waals surface area contributed by atoms with Crippen LogP contribution < -0.4 is 16.4 Å². The summed E-state index contributed by atoms with van der Waals surface area (Å²) in [5.41, 5.74) is 5.47. The number of amides is 3. The SMILES string of the molecule is CC(C)(C)OC(=O)N1CCN(Cc2cc(-c3ccc(NC(=O)Nc4cc(C(F)(F)F)ccc4F)c(F)c3)c3c(N)ncnn23)CC1. The molecule has 1 fully saturated rings. The number of fused-ring (bicyclic) bond motifs is 1. The Bertz CT molecular complexity index is 1780. The molecule has 0 bridgehead atoms. The number of carbonyl (C=O) groups is 2. The number of nitrogens with two attached hydrogens (primary N) is 1. The molecule has 3 heterocycles. The molecule has 1 saturated heterocycles. The molecular formula is C30H31F5N8O3. The van der Waals surface area contributed by atoms with Gasteiger partial charge in [-0.15, -0.1) is 0 Å². The molecule has 0 spiro atoms. The van der Waals surface area contributed by atoms with Crippen LogP contribution in [0.15, 0.2) is 48.8 Å². The molecule has 2 aromatic carbocycles. The van der Waals surface area contributed by atoms with Crippen LogP contribution in [0.2, 0.25) is 0 Å². The van der Waals surface area contributed by atoms with Crippen molar-refractivity contribution in [2.75, 3.05) is 42.5 Å². The van der Waals surface area contributed by atoms with Gasteiger partial charge in [-0.2, -0.15) is 18.3 Å². The molecule has 0 radical (unpaired) electrons. The van der Waals surface area contributed by atoms with E-state index in [9.17, 15) is 27.2 Å². The van der Waals surface area contributed by atoms with Crippen molar-refractivity contribution in [2.24, 2.45) is 0 Å². The quantitative estimate of drug-likeness (QED) is 0.228. The molecule has 0 unspecified atom stereocenters. The fourth-order valence-electron chi connectivity index (χ4n) is 4.97. The van der Waals surface area contributed by atoms with Crippen LogP contribution in [-0.4, -0.2) is 68.3 Å². The molecule has 0 aliphatic carbocycles. The van der Waals surface area contributed by atoms with Crippen molar-refractivity contribution in [3.8, 4) is 11.1 Å². The second-order valence-electron chi connectivity index (χ2n) is 11.7. The smallest absolute Gasteiger partial charge is 0.416 e. The molecule has 2 aromatic heterocycles. The number of nitrogen functional groups attached to an aromatic ring is 1. The Kier molecular flexibility index (Phi) is 8.75. The molecule has 11 nitrogen and oxygen atoms in total. The Morgan fingerprint density at radius 3 is 2.28 bits per heavy atom. The Morgan fingerprint density at radius 2 is 1.63 bits per heavy atom. The van der Waals surface area contributed by atoms with Crippen molar-refractivity contribution in [1.29, 1.82) is 0 Å². The average Bonchev–Trinajstić information content (AvgIpc) is 3.33. The van der Waals surface area contributed by atoms with E-state index in [2.05, 4.69) is 20.3 Å². The van der Waals surface area contributed by atoms with E-state index in [1.54, 1.807) is 15.5 Å². The van der Waals surface area contributed by atoms with Crippen LogP contribution in [0.4, 0.5) is 48.7 Å². The summed E-state index contributed by atoms with van der Waals surface area (Å²) in [6.45, 7) is 7.95. The number of piperazine rings is 1. The van der Waals surface area contributed by atoms with Crippen LogP contribution in [0.25, 0.3) is 16.6 Å². The van der Waals surface area contributed by atoms with Crippen LogP contribution in [0.1, 0.15) is 32.0 Å². The maximum Gasteiger partial charge on any atom is 0.416 e. The summed E-state index contributed by atoms with van der Waals surface area (Å²) in [5, 5.41) is 8.50. The lowest BCUT2D eigenvalue weighted by atomic mass is 10.1. The van der Waals surface area contributed by atoms with Crippen molar-refractivity contribution in [2.45, 2.75) is 39.1 Å². The van der Waals surface area contributed by atoms with Gasteiger partial charge in [0.2, 0.25) is 0 Å². The second-order valence-corrected chi connectivity index (χ2v) is 11.7. The minimum atomic E-state index is -4.75. The number of carbonyl (C=O) groups excluding carboxylic acids is 2. The number of nitrogens with one attached hydrogen (secondary N) is 2.